The molecule has 1 nitrogen and oxygen atoms in total. The molecule has 0 unspecified atom stereocenters. The summed E-state index contributed by atoms with van der Waals surface area (Å²) in [4.78, 5) is 0. The number of benzene rings is 5. The standard InChI is InChI=1S/C32H25N/c1-22-12-18-28-29-19-13-23(2)21-32(29)33(31(28)20-22)30-11-7-6-10-27(30)26-16-14-25(15-17-26)24-8-4-3-5-9-24/h3-21H,1-2H3. The third-order valence-electron chi connectivity index (χ3n) is 6.53. The Hall–Kier alpha value is -4.10. The molecule has 33 heavy (non-hydrogen) atoms. The molecule has 0 aliphatic carbocycles. The molecule has 0 saturated heterocycles. The molecule has 1 aromatic heterocycles. The molecule has 0 aliphatic rings. The van der Waals surface area contributed by atoms with Crippen molar-refractivity contribution in [2.75, 3.05) is 0 Å². The molecule has 6 rings (SSSR count). The van der Waals surface area contributed by atoms with E-state index in [0.29, 0.717) is 0 Å². The van der Waals surface area contributed by atoms with E-state index in [2.05, 4.69) is 134 Å². The van der Waals surface area contributed by atoms with Gasteiger partial charge in [-0.2, -0.15) is 0 Å². The molecule has 5 aromatic carbocycles. The van der Waals surface area contributed by atoms with Crippen LogP contribution in [0.2, 0.25) is 0 Å². The number of para-hydroxylation sites is 1. The second-order valence-electron chi connectivity index (χ2n) is 8.84. The fraction of sp³-hybridized carbons (Fsp3) is 0.0625. The van der Waals surface area contributed by atoms with Gasteiger partial charge in [0.25, 0.3) is 0 Å². The number of hydrogen-bond acceptors (Lipinski definition) is 0. The molecule has 0 aliphatic heterocycles. The van der Waals surface area contributed by atoms with E-state index in [-0.39, 0.29) is 0 Å². The maximum absolute atomic E-state index is 2.44. The van der Waals surface area contributed by atoms with Crippen LogP contribution in [0.3, 0.4) is 0 Å². The van der Waals surface area contributed by atoms with Gasteiger partial charge in [-0.1, -0.05) is 97.1 Å². The lowest BCUT2D eigenvalue weighted by Gasteiger charge is -2.15. The molecule has 158 valence electrons. The molecular weight excluding hydrogens is 398 g/mol. The van der Waals surface area contributed by atoms with Crippen LogP contribution in [0, 0.1) is 13.8 Å². The van der Waals surface area contributed by atoms with E-state index in [1.807, 2.05) is 0 Å². The molecule has 0 spiro atoms. The van der Waals surface area contributed by atoms with Gasteiger partial charge in [0.1, 0.15) is 0 Å². The average molecular weight is 424 g/mol. The molecule has 0 bridgehead atoms. The minimum atomic E-state index is 1.21. The zero-order valence-corrected chi connectivity index (χ0v) is 18.9. The van der Waals surface area contributed by atoms with Crippen LogP contribution in [0.5, 0.6) is 0 Å². The Morgan fingerprint density at radius 2 is 0.970 bits per heavy atom. The molecular formula is C32H25N. The van der Waals surface area contributed by atoms with Crippen molar-refractivity contribution in [1.82, 2.24) is 4.57 Å². The van der Waals surface area contributed by atoms with Gasteiger partial charge in [-0.25, -0.2) is 0 Å². The molecule has 0 atom stereocenters. The van der Waals surface area contributed by atoms with Crippen molar-refractivity contribution in [3.63, 3.8) is 0 Å². The van der Waals surface area contributed by atoms with Crippen LogP contribution >= 0.6 is 0 Å². The number of hydrogen-bond donors (Lipinski definition) is 0. The Bertz CT molecular complexity index is 1540. The quantitative estimate of drug-likeness (QED) is 0.268. The first kappa shape index (κ1) is 19.6. The van der Waals surface area contributed by atoms with E-state index in [1.165, 1.54) is 60.9 Å². The predicted molar refractivity (Wildman–Crippen MR) is 141 cm³/mol. The maximum atomic E-state index is 2.44. The zero-order valence-electron chi connectivity index (χ0n) is 18.9. The van der Waals surface area contributed by atoms with E-state index in [9.17, 15) is 0 Å². The predicted octanol–water partition coefficient (Wildman–Crippen LogP) is 8.73. The highest BCUT2D eigenvalue weighted by atomic mass is 15.0. The van der Waals surface area contributed by atoms with Crippen molar-refractivity contribution in [2.24, 2.45) is 0 Å². The van der Waals surface area contributed by atoms with E-state index < -0.39 is 0 Å². The van der Waals surface area contributed by atoms with Gasteiger partial charge in [0.05, 0.1) is 16.7 Å². The van der Waals surface area contributed by atoms with Gasteiger partial charge in [0, 0.05) is 16.3 Å². The van der Waals surface area contributed by atoms with Crippen molar-refractivity contribution in [1.29, 1.82) is 0 Å². The first-order valence-corrected chi connectivity index (χ1v) is 11.5. The highest BCUT2D eigenvalue weighted by Gasteiger charge is 2.15. The molecule has 0 radical (unpaired) electrons. The maximum Gasteiger partial charge on any atom is 0.0543 e. The second kappa shape index (κ2) is 7.79. The largest absolute Gasteiger partial charge is 0.309 e. The van der Waals surface area contributed by atoms with E-state index >= 15 is 0 Å². The SMILES string of the molecule is Cc1ccc2c3ccc(C)cc3n(-c3ccccc3-c3ccc(-c4ccccc4)cc3)c2c1. The summed E-state index contributed by atoms with van der Waals surface area (Å²) < 4.78 is 2.44. The second-order valence-corrected chi connectivity index (χ2v) is 8.84. The van der Waals surface area contributed by atoms with Gasteiger partial charge in [-0.3, -0.25) is 0 Å². The van der Waals surface area contributed by atoms with Crippen LogP contribution in [-0.4, -0.2) is 4.57 Å². The minimum absolute atomic E-state index is 1.21. The summed E-state index contributed by atoms with van der Waals surface area (Å²) in [6.45, 7) is 4.34. The molecule has 0 N–H and O–H groups in total. The first-order chi connectivity index (χ1) is 16.2. The number of rotatable bonds is 3. The summed E-state index contributed by atoms with van der Waals surface area (Å²) in [6, 6.07) is 41.8. The van der Waals surface area contributed by atoms with Gasteiger partial charge in [-0.05, 0) is 59.9 Å². The summed E-state index contributed by atoms with van der Waals surface area (Å²) in [5, 5.41) is 2.59. The van der Waals surface area contributed by atoms with Crippen molar-refractivity contribution in [3.05, 3.63) is 126 Å². The normalized spacial score (nSPS) is 11.3. The lowest BCUT2D eigenvalue weighted by molar-refractivity contribution is 1.18. The molecule has 1 heterocycles. The van der Waals surface area contributed by atoms with Crippen molar-refractivity contribution < 1.29 is 0 Å². The van der Waals surface area contributed by atoms with Gasteiger partial charge < -0.3 is 4.57 Å². The Labute approximate surface area is 194 Å². The first-order valence-electron chi connectivity index (χ1n) is 11.5. The third-order valence-corrected chi connectivity index (χ3v) is 6.53. The van der Waals surface area contributed by atoms with Crippen molar-refractivity contribution >= 4 is 21.8 Å². The average Bonchev–Trinajstić information content (AvgIpc) is 3.17. The van der Waals surface area contributed by atoms with Crippen LogP contribution in [0.25, 0.3) is 49.7 Å². The number of aryl methyl sites for hydroxylation is 2. The number of nitrogens with zero attached hydrogens (tertiary/aromatic N) is 1. The van der Waals surface area contributed by atoms with E-state index in [0.717, 1.165) is 0 Å². The molecule has 1 heteroatoms. The topological polar surface area (TPSA) is 4.93 Å². The molecule has 0 saturated carbocycles. The smallest absolute Gasteiger partial charge is 0.0543 e. The lowest BCUT2D eigenvalue weighted by Crippen LogP contribution is -1.97. The van der Waals surface area contributed by atoms with Gasteiger partial charge >= 0.3 is 0 Å². The zero-order chi connectivity index (χ0) is 22.4. The molecule has 6 aromatic rings. The fourth-order valence-corrected chi connectivity index (χ4v) is 4.88. The summed E-state index contributed by atoms with van der Waals surface area (Å²) in [6.07, 6.45) is 0. The Morgan fingerprint density at radius 3 is 1.61 bits per heavy atom. The Kier molecular flexibility index (Phi) is 4.62. The van der Waals surface area contributed by atoms with Crippen LogP contribution in [0.1, 0.15) is 11.1 Å². The summed E-state index contributed by atoms with van der Waals surface area (Å²) in [7, 11) is 0. The fourth-order valence-electron chi connectivity index (χ4n) is 4.88. The Morgan fingerprint density at radius 1 is 0.455 bits per heavy atom. The van der Waals surface area contributed by atoms with E-state index in [4.69, 9.17) is 0 Å². The number of fused-ring (bicyclic) bond motifs is 3. The monoisotopic (exact) mass is 423 g/mol. The van der Waals surface area contributed by atoms with E-state index in [1.54, 1.807) is 0 Å². The van der Waals surface area contributed by atoms with Gasteiger partial charge in [0.2, 0.25) is 0 Å². The van der Waals surface area contributed by atoms with Crippen LogP contribution in [-0.2, 0) is 0 Å². The third kappa shape index (κ3) is 3.34. The molecule has 0 amide bonds. The van der Waals surface area contributed by atoms with Gasteiger partial charge in [0.15, 0.2) is 0 Å². The van der Waals surface area contributed by atoms with Crippen molar-refractivity contribution in [2.45, 2.75) is 13.8 Å². The summed E-state index contributed by atoms with van der Waals surface area (Å²) >= 11 is 0. The molecule has 0 fully saturated rings. The van der Waals surface area contributed by atoms with Crippen molar-refractivity contribution in [3.8, 4) is 27.9 Å². The Balaban J connectivity index is 1.58. The highest BCUT2D eigenvalue weighted by Crippen LogP contribution is 2.37. The van der Waals surface area contributed by atoms with Crippen LogP contribution in [0.4, 0.5) is 0 Å². The summed E-state index contributed by atoms with van der Waals surface area (Å²) in [5.74, 6) is 0. The van der Waals surface area contributed by atoms with Gasteiger partial charge in [-0.15, -0.1) is 0 Å². The lowest BCUT2D eigenvalue weighted by atomic mass is 9.99. The van der Waals surface area contributed by atoms with Crippen LogP contribution in [0.15, 0.2) is 115 Å². The van der Waals surface area contributed by atoms with Crippen LogP contribution < -0.4 is 0 Å². The summed E-state index contributed by atoms with van der Waals surface area (Å²) in [5.41, 5.74) is 11.2. The highest BCUT2D eigenvalue weighted by molar-refractivity contribution is 6.10. The number of aromatic nitrogens is 1. The minimum Gasteiger partial charge on any atom is -0.309 e.